The summed E-state index contributed by atoms with van der Waals surface area (Å²) in [6, 6.07) is 80.7. The molecule has 22 rings (SSSR count). The highest BCUT2D eigenvalue weighted by Crippen LogP contribution is 2.62. The maximum absolute atomic E-state index is 2.74. The lowest BCUT2D eigenvalue weighted by Crippen LogP contribution is -2.60. The third-order valence-corrected chi connectivity index (χ3v) is 25.4. The SMILES string of the molecule is CC(C)(C)c1ccc(N2c3ccc(C(C)(C)C)cc3B3c4c2cc(-c2c(-c5ccc(C6C7CC8CC(C7)CC6C8)cc5)cccc2-c2ccc(C56CC7CC(CC(C7)C5)C6)cc2)cc4-n2c4ccccc4c4c5c6ccccc6c6ccccc6c5cc3c42)cc1. The first-order chi connectivity index (χ1) is 44.3. The first-order valence-electron chi connectivity index (χ1n) is 35.1. The number of para-hydroxylation sites is 1. The van der Waals surface area contributed by atoms with Gasteiger partial charge in [-0.05, 0) is 270 Å². The van der Waals surface area contributed by atoms with Gasteiger partial charge in [-0.1, -0.05) is 205 Å². The van der Waals surface area contributed by atoms with E-state index in [9.17, 15) is 0 Å². The van der Waals surface area contributed by atoms with E-state index in [1.54, 1.807) is 11.1 Å². The summed E-state index contributed by atoms with van der Waals surface area (Å²) < 4.78 is 2.74. The van der Waals surface area contributed by atoms with E-state index in [4.69, 9.17) is 0 Å². The minimum Gasteiger partial charge on any atom is -0.311 e. The molecular weight excluding hydrogens is 1100 g/mol. The van der Waals surface area contributed by atoms with Gasteiger partial charge >= 0.3 is 0 Å². The van der Waals surface area contributed by atoms with Crippen molar-refractivity contribution in [3.8, 4) is 39.1 Å². The molecule has 8 fully saturated rings. The molecule has 91 heavy (non-hydrogen) atoms. The molecule has 0 unspecified atom stereocenters. The van der Waals surface area contributed by atoms with Gasteiger partial charge in [-0.3, -0.25) is 0 Å². The van der Waals surface area contributed by atoms with Crippen molar-refractivity contribution < 1.29 is 0 Å². The molecule has 0 atom stereocenters. The number of fused-ring (bicyclic) bond motifs is 14. The zero-order valence-electron chi connectivity index (χ0n) is 53.9. The molecule has 10 aliphatic rings. The maximum atomic E-state index is 2.74. The minimum atomic E-state index is -0.0695. The molecule has 3 heteroatoms. The van der Waals surface area contributed by atoms with Crippen LogP contribution in [0.1, 0.15) is 140 Å². The predicted octanol–water partition coefficient (Wildman–Crippen LogP) is 21.5. The van der Waals surface area contributed by atoms with Crippen LogP contribution in [0.25, 0.3) is 93.2 Å². The molecule has 2 aliphatic heterocycles. The molecular formula is C88H81BN2. The third-order valence-electron chi connectivity index (χ3n) is 25.4. The molecule has 8 bridgehead atoms. The Labute approximate surface area is 537 Å². The van der Waals surface area contributed by atoms with Crippen LogP contribution in [-0.4, -0.2) is 11.3 Å². The van der Waals surface area contributed by atoms with E-state index < -0.39 is 0 Å². The summed E-state index contributed by atoms with van der Waals surface area (Å²) in [5, 5.41) is 10.6. The third kappa shape index (κ3) is 7.79. The van der Waals surface area contributed by atoms with Crippen LogP contribution in [-0.2, 0) is 16.2 Å². The smallest absolute Gasteiger partial charge is 0.252 e. The number of rotatable bonds is 6. The Morgan fingerprint density at radius 3 is 1.57 bits per heavy atom. The Morgan fingerprint density at radius 1 is 0.407 bits per heavy atom. The summed E-state index contributed by atoms with van der Waals surface area (Å²) in [6.07, 6.45) is 15.8. The number of nitrogens with zero attached hydrogens (tertiary/aromatic N) is 2. The van der Waals surface area contributed by atoms with Gasteiger partial charge in [0.1, 0.15) is 0 Å². The standard InChI is InChI=1S/C88H81BN2/c1-86(2,3)62-30-33-65(34-31-62)90-77-35-32-64(87(4,5)6)46-74(77)89-75-47-73-70-16-8-7-14-68(70)69-15-9-10-17-71(69)82(73)83-72-18-11-12-21-76(72)91(85(75)83)79-45-61(44-78(90)84(79)89)81-66(56-22-24-58(25-23-56)80-59-40-51-36-52(42-59)43-60(80)41-51)19-13-20-67(81)57-26-28-63(29-27-57)88-48-53-37-54(49-88)39-55(38-53)50-88/h7-35,44-47,51-55,59-60,80H,36-43,48-50H2,1-6H3. The second-order valence-electron chi connectivity index (χ2n) is 32.7. The molecule has 0 radical (unpaired) electrons. The fourth-order valence-corrected chi connectivity index (χ4v) is 22.1. The van der Waals surface area contributed by atoms with Crippen molar-refractivity contribution >= 4 is 94.3 Å². The van der Waals surface area contributed by atoms with Crippen LogP contribution in [0.15, 0.2) is 200 Å². The van der Waals surface area contributed by atoms with Gasteiger partial charge in [-0.15, -0.1) is 0 Å². The van der Waals surface area contributed by atoms with Gasteiger partial charge in [-0.25, -0.2) is 0 Å². The monoisotopic (exact) mass is 1180 g/mol. The number of aromatic nitrogens is 1. The summed E-state index contributed by atoms with van der Waals surface area (Å²) in [4.78, 5) is 2.67. The van der Waals surface area contributed by atoms with Gasteiger partial charge in [0.2, 0.25) is 0 Å². The Balaban J connectivity index is 0.882. The summed E-state index contributed by atoms with van der Waals surface area (Å²) in [6.45, 7) is 14.1. The lowest BCUT2D eigenvalue weighted by atomic mass is 9.33. The summed E-state index contributed by atoms with van der Waals surface area (Å²) >= 11 is 0. The number of hydrogen-bond donors (Lipinski definition) is 0. The molecule has 11 aromatic carbocycles. The van der Waals surface area contributed by atoms with Crippen molar-refractivity contribution in [3.05, 3.63) is 222 Å². The summed E-state index contributed by atoms with van der Waals surface area (Å²) in [7, 11) is 0. The van der Waals surface area contributed by atoms with E-state index in [0.717, 1.165) is 41.4 Å². The molecule has 0 spiro atoms. The quantitative estimate of drug-likeness (QED) is 0.119. The van der Waals surface area contributed by atoms with Gasteiger partial charge in [-0.2, -0.15) is 0 Å². The number of benzene rings is 11. The topological polar surface area (TPSA) is 8.17 Å². The van der Waals surface area contributed by atoms with Crippen LogP contribution in [0.2, 0.25) is 0 Å². The highest BCUT2D eigenvalue weighted by atomic mass is 15.2. The molecule has 0 N–H and O–H groups in total. The summed E-state index contributed by atoms with van der Waals surface area (Å²) in [5.41, 5.74) is 25.6. The van der Waals surface area contributed by atoms with Gasteiger partial charge in [0.25, 0.3) is 6.71 Å². The van der Waals surface area contributed by atoms with E-state index in [0.29, 0.717) is 11.3 Å². The van der Waals surface area contributed by atoms with Crippen LogP contribution in [0, 0.1) is 41.4 Å². The van der Waals surface area contributed by atoms with Crippen molar-refractivity contribution in [2.45, 2.75) is 134 Å². The fraction of sp³-hybridized carbons (Fsp3) is 0.318. The molecule has 446 valence electrons. The van der Waals surface area contributed by atoms with E-state index >= 15 is 0 Å². The fourth-order valence-electron chi connectivity index (χ4n) is 22.1. The lowest BCUT2D eigenvalue weighted by molar-refractivity contribution is -0.00518. The molecule has 8 aliphatic carbocycles. The Hall–Kier alpha value is -8.14. The number of anilines is 3. The zero-order valence-corrected chi connectivity index (χ0v) is 53.9. The van der Waals surface area contributed by atoms with E-state index in [-0.39, 0.29) is 17.5 Å². The van der Waals surface area contributed by atoms with Crippen LogP contribution in [0.3, 0.4) is 0 Å². The van der Waals surface area contributed by atoms with E-state index in [1.165, 1.54) is 208 Å². The molecule has 0 amide bonds. The van der Waals surface area contributed by atoms with Crippen molar-refractivity contribution in [2.24, 2.45) is 41.4 Å². The molecule has 12 aromatic rings. The van der Waals surface area contributed by atoms with Gasteiger partial charge < -0.3 is 9.47 Å². The second-order valence-corrected chi connectivity index (χ2v) is 32.7. The van der Waals surface area contributed by atoms with Crippen molar-refractivity contribution in [2.75, 3.05) is 4.90 Å². The van der Waals surface area contributed by atoms with E-state index in [1.807, 2.05) is 0 Å². The van der Waals surface area contributed by atoms with Crippen LogP contribution in [0.4, 0.5) is 17.1 Å². The van der Waals surface area contributed by atoms with Crippen LogP contribution < -0.4 is 21.3 Å². The zero-order chi connectivity index (χ0) is 60.6. The highest BCUT2D eigenvalue weighted by Gasteiger charge is 2.52. The van der Waals surface area contributed by atoms with Crippen LogP contribution >= 0.6 is 0 Å². The Kier molecular flexibility index (Phi) is 11.2. The highest BCUT2D eigenvalue weighted by molar-refractivity contribution is 7.00. The predicted molar refractivity (Wildman–Crippen MR) is 386 cm³/mol. The minimum absolute atomic E-state index is 0.00826. The van der Waals surface area contributed by atoms with Gasteiger partial charge in [0.05, 0.1) is 11.0 Å². The largest absolute Gasteiger partial charge is 0.311 e. The lowest BCUT2D eigenvalue weighted by Gasteiger charge is -2.57. The Bertz CT molecular complexity index is 5000. The molecule has 0 saturated heterocycles. The van der Waals surface area contributed by atoms with Gasteiger partial charge in [0.15, 0.2) is 0 Å². The van der Waals surface area contributed by atoms with Crippen molar-refractivity contribution in [3.63, 3.8) is 0 Å². The number of hydrogen-bond acceptors (Lipinski definition) is 1. The van der Waals surface area contributed by atoms with Crippen molar-refractivity contribution in [1.29, 1.82) is 0 Å². The van der Waals surface area contributed by atoms with Crippen molar-refractivity contribution in [1.82, 2.24) is 4.57 Å². The molecule has 2 nitrogen and oxygen atoms in total. The first-order valence-corrected chi connectivity index (χ1v) is 35.1. The first kappa shape index (κ1) is 53.5. The molecule has 3 heterocycles. The average Bonchev–Trinajstić information content (AvgIpc) is 1.64. The molecule has 1 aromatic heterocycles. The van der Waals surface area contributed by atoms with Crippen LogP contribution in [0.5, 0.6) is 0 Å². The normalized spacial score (nSPS) is 25.0. The summed E-state index contributed by atoms with van der Waals surface area (Å²) in [5.74, 6) is 7.01. The average molecular weight is 1180 g/mol. The Morgan fingerprint density at radius 2 is 0.945 bits per heavy atom. The maximum Gasteiger partial charge on any atom is 0.252 e. The van der Waals surface area contributed by atoms with E-state index in [2.05, 4.69) is 251 Å². The van der Waals surface area contributed by atoms with Gasteiger partial charge in [0, 0.05) is 38.9 Å². The molecule has 8 saturated carbocycles. The second kappa shape index (κ2) is 19.0.